The van der Waals surface area contributed by atoms with Crippen LogP contribution in [0, 0.1) is 0 Å². The fourth-order valence-electron chi connectivity index (χ4n) is 10.4. The molecule has 0 fully saturated rings. The first-order chi connectivity index (χ1) is 31.3. The standard InChI is InChI=1S/C62H42O/c1-7-23-41(24-8-1)53-55(43-27-11-3-12-28-43)59-49-37-21-19-35-47(49)39-51(59)61(57(53)45-31-15-5-16-32-45)63-62-52-40-48-36-20-22-38-50(48)60(52)56(44-29-13-4-14-30-44)54(42-25-9-2-10-26-42)58(62)46-33-17-6-18-34-46/h1-38H,39-40H2. The van der Waals surface area contributed by atoms with Crippen molar-refractivity contribution in [2.75, 3.05) is 0 Å². The smallest absolute Gasteiger partial charge is 0.140 e. The van der Waals surface area contributed by atoms with Gasteiger partial charge in [-0.05, 0) is 77.9 Å². The van der Waals surface area contributed by atoms with Crippen LogP contribution in [0.3, 0.4) is 0 Å². The Morgan fingerprint density at radius 3 is 0.762 bits per heavy atom. The van der Waals surface area contributed by atoms with E-state index in [0.29, 0.717) is 0 Å². The van der Waals surface area contributed by atoms with Crippen LogP contribution < -0.4 is 4.74 Å². The van der Waals surface area contributed by atoms with Crippen LogP contribution in [0.4, 0.5) is 0 Å². The van der Waals surface area contributed by atoms with Gasteiger partial charge in [0.25, 0.3) is 0 Å². The molecule has 10 aromatic carbocycles. The summed E-state index contributed by atoms with van der Waals surface area (Å²) in [6.07, 6.45) is 1.51. The van der Waals surface area contributed by atoms with E-state index in [2.05, 4.69) is 231 Å². The van der Waals surface area contributed by atoms with Crippen molar-refractivity contribution in [2.45, 2.75) is 12.8 Å². The average Bonchev–Trinajstić information content (AvgIpc) is 3.95. The van der Waals surface area contributed by atoms with Gasteiger partial charge in [-0.25, -0.2) is 0 Å². The van der Waals surface area contributed by atoms with Crippen LogP contribution in [-0.2, 0) is 12.8 Å². The molecule has 2 aliphatic carbocycles. The lowest BCUT2D eigenvalue weighted by atomic mass is 9.80. The van der Waals surface area contributed by atoms with E-state index in [9.17, 15) is 0 Å². The first-order valence-corrected chi connectivity index (χ1v) is 21.9. The molecule has 0 N–H and O–H groups in total. The highest BCUT2D eigenvalue weighted by atomic mass is 16.5. The number of ether oxygens (including phenoxy) is 1. The van der Waals surface area contributed by atoms with Crippen molar-refractivity contribution >= 4 is 0 Å². The summed E-state index contributed by atoms with van der Waals surface area (Å²) < 4.78 is 8.20. The van der Waals surface area contributed by atoms with E-state index < -0.39 is 0 Å². The highest BCUT2D eigenvalue weighted by Crippen LogP contribution is 2.61. The van der Waals surface area contributed by atoms with Gasteiger partial charge in [-0.2, -0.15) is 0 Å². The molecule has 0 radical (unpaired) electrons. The second-order valence-corrected chi connectivity index (χ2v) is 16.6. The largest absolute Gasteiger partial charge is 0.455 e. The molecule has 0 heterocycles. The van der Waals surface area contributed by atoms with Gasteiger partial charge in [0.05, 0.1) is 0 Å². The van der Waals surface area contributed by atoms with Crippen molar-refractivity contribution in [1.82, 2.24) is 0 Å². The lowest BCUT2D eigenvalue weighted by molar-refractivity contribution is 0.478. The molecule has 0 bridgehead atoms. The summed E-state index contributed by atoms with van der Waals surface area (Å²) in [5.41, 5.74) is 24.0. The molecule has 0 aliphatic heterocycles. The third-order valence-electron chi connectivity index (χ3n) is 13.0. The van der Waals surface area contributed by atoms with E-state index in [1.165, 1.54) is 77.9 Å². The molecule has 2 aliphatic rings. The quantitative estimate of drug-likeness (QED) is 0.149. The summed E-state index contributed by atoms with van der Waals surface area (Å²) >= 11 is 0. The molecule has 12 rings (SSSR count). The predicted molar refractivity (Wildman–Crippen MR) is 262 cm³/mol. The van der Waals surface area contributed by atoms with Crippen molar-refractivity contribution < 1.29 is 4.74 Å². The number of fused-ring (bicyclic) bond motifs is 6. The number of hydrogen-bond donors (Lipinski definition) is 0. The van der Waals surface area contributed by atoms with Crippen molar-refractivity contribution in [3.05, 3.63) is 253 Å². The van der Waals surface area contributed by atoms with Gasteiger partial charge in [-0.15, -0.1) is 0 Å². The Balaban J connectivity index is 1.28. The van der Waals surface area contributed by atoms with Crippen molar-refractivity contribution in [3.63, 3.8) is 0 Å². The second kappa shape index (κ2) is 15.5. The first-order valence-electron chi connectivity index (χ1n) is 21.9. The zero-order valence-corrected chi connectivity index (χ0v) is 34.8. The van der Waals surface area contributed by atoms with Gasteiger partial charge >= 0.3 is 0 Å². The summed E-state index contributed by atoms with van der Waals surface area (Å²) in [6, 6.07) is 83.6. The molecule has 0 unspecified atom stereocenters. The Morgan fingerprint density at radius 2 is 0.460 bits per heavy atom. The molecule has 296 valence electrons. The van der Waals surface area contributed by atoms with Crippen LogP contribution in [-0.4, -0.2) is 0 Å². The summed E-state index contributed by atoms with van der Waals surface area (Å²) in [5, 5.41) is 0. The highest BCUT2D eigenvalue weighted by molar-refractivity contribution is 6.10. The van der Waals surface area contributed by atoms with E-state index in [1.807, 2.05) is 0 Å². The lowest BCUT2D eigenvalue weighted by Crippen LogP contribution is -2.05. The molecule has 10 aromatic rings. The van der Waals surface area contributed by atoms with Gasteiger partial charge in [-0.1, -0.05) is 231 Å². The molecule has 0 atom stereocenters. The van der Waals surface area contributed by atoms with Crippen LogP contribution in [0.25, 0.3) is 89.0 Å². The fraction of sp³-hybridized carbons (Fsp3) is 0.0323. The van der Waals surface area contributed by atoms with Gasteiger partial charge in [0, 0.05) is 46.2 Å². The molecule has 0 spiro atoms. The zero-order valence-electron chi connectivity index (χ0n) is 34.8. The molecular weight excluding hydrogens is 761 g/mol. The maximum atomic E-state index is 8.20. The van der Waals surface area contributed by atoms with E-state index in [1.54, 1.807) is 0 Å². The SMILES string of the molecule is c1ccc(-c2c(Oc3c4c(c(-c5ccccc5)c(-c5ccccc5)c3-c3ccccc3)-c3ccccc3C4)c3c(c(-c4ccccc4)c2-c2ccccc2)-c2ccccc2C3)cc1. The van der Waals surface area contributed by atoms with E-state index in [4.69, 9.17) is 4.74 Å². The molecular formula is C62H42O. The summed E-state index contributed by atoms with van der Waals surface area (Å²) in [4.78, 5) is 0. The molecule has 0 aromatic heterocycles. The number of benzene rings is 10. The third-order valence-corrected chi connectivity index (χ3v) is 13.0. The van der Waals surface area contributed by atoms with Crippen LogP contribution in [0.2, 0.25) is 0 Å². The Hall–Kier alpha value is -8.00. The molecule has 63 heavy (non-hydrogen) atoms. The van der Waals surface area contributed by atoms with Gasteiger partial charge in [0.1, 0.15) is 11.5 Å². The van der Waals surface area contributed by atoms with Gasteiger partial charge in [0.15, 0.2) is 0 Å². The fourth-order valence-corrected chi connectivity index (χ4v) is 10.4. The van der Waals surface area contributed by atoms with Crippen molar-refractivity contribution in [2.24, 2.45) is 0 Å². The van der Waals surface area contributed by atoms with Crippen LogP contribution >= 0.6 is 0 Å². The minimum Gasteiger partial charge on any atom is -0.455 e. The van der Waals surface area contributed by atoms with E-state index >= 15 is 0 Å². The summed E-state index contributed by atoms with van der Waals surface area (Å²) in [6.45, 7) is 0. The molecule has 0 saturated heterocycles. The van der Waals surface area contributed by atoms with Crippen molar-refractivity contribution in [1.29, 1.82) is 0 Å². The molecule has 0 saturated carbocycles. The second-order valence-electron chi connectivity index (χ2n) is 16.6. The monoisotopic (exact) mass is 802 g/mol. The van der Waals surface area contributed by atoms with Crippen LogP contribution in [0.15, 0.2) is 231 Å². The van der Waals surface area contributed by atoms with Crippen LogP contribution in [0.5, 0.6) is 11.5 Å². The molecule has 1 heteroatoms. The van der Waals surface area contributed by atoms with Gasteiger partial charge in [0.2, 0.25) is 0 Å². The Kier molecular flexibility index (Phi) is 9.04. The normalized spacial score (nSPS) is 12.0. The van der Waals surface area contributed by atoms with Gasteiger partial charge < -0.3 is 4.74 Å². The highest BCUT2D eigenvalue weighted by Gasteiger charge is 2.37. The van der Waals surface area contributed by atoms with E-state index in [0.717, 1.165) is 57.7 Å². The average molecular weight is 803 g/mol. The van der Waals surface area contributed by atoms with Crippen LogP contribution in [0.1, 0.15) is 22.3 Å². The number of hydrogen-bond acceptors (Lipinski definition) is 1. The topological polar surface area (TPSA) is 9.23 Å². The third kappa shape index (κ3) is 6.16. The minimum absolute atomic E-state index is 0.756. The van der Waals surface area contributed by atoms with E-state index in [-0.39, 0.29) is 0 Å². The van der Waals surface area contributed by atoms with Gasteiger partial charge in [-0.3, -0.25) is 0 Å². The minimum atomic E-state index is 0.756. The summed E-state index contributed by atoms with van der Waals surface area (Å²) in [7, 11) is 0. The maximum absolute atomic E-state index is 8.20. The molecule has 0 amide bonds. The lowest BCUT2D eigenvalue weighted by Gasteiger charge is -2.29. The van der Waals surface area contributed by atoms with Crippen molar-refractivity contribution in [3.8, 4) is 101 Å². The number of rotatable bonds is 8. The zero-order chi connectivity index (χ0) is 41.7. The summed E-state index contributed by atoms with van der Waals surface area (Å²) in [5.74, 6) is 1.82. The Bertz CT molecular complexity index is 3080. The Labute approximate surface area is 369 Å². The predicted octanol–water partition coefficient (Wildman–Crippen LogP) is 16.6. The Morgan fingerprint density at radius 1 is 0.222 bits per heavy atom. The maximum Gasteiger partial charge on any atom is 0.140 e. The molecule has 1 nitrogen and oxygen atoms in total. The first kappa shape index (κ1) is 36.8.